The van der Waals surface area contributed by atoms with E-state index in [1.165, 1.54) is 0 Å². The van der Waals surface area contributed by atoms with Gasteiger partial charge in [0.05, 0.1) is 10.5 Å². The molecule has 0 saturated heterocycles. The zero-order chi connectivity index (χ0) is 15.6. The van der Waals surface area contributed by atoms with Crippen LogP contribution in [-0.4, -0.2) is 51.2 Å². The van der Waals surface area contributed by atoms with Crippen LogP contribution in [0.3, 0.4) is 0 Å². The van der Waals surface area contributed by atoms with Crippen molar-refractivity contribution in [3.63, 3.8) is 0 Å². The molecule has 0 heterocycles. The van der Waals surface area contributed by atoms with Gasteiger partial charge in [0, 0.05) is 13.1 Å². The summed E-state index contributed by atoms with van der Waals surface area (Å²) in [5.41, 5.74) is 0.854. The van der Waals surface area contributed by atoms with E-state index in [0.29, 0.717) is 6.54 Å². The first-order valence-corrected chi connectivity index (χ1v) is 7.96. The lowest BCUT2D eigenvalue weighted by molar-refractivity contribution is 0.0386. The molecule has 20 heavy (non-hydrogen) atoms. The molecule has 0 amide bonds. The van der Waals surface area contributed by atoms with Crippen LogP contribution in [0.25, 0.3) is 0 Å². The molecule has 0 fully saturated rings. The standard InChI is InChI=1S/C14H24N2O3S/c1-11-6-7-13(8-12(11)2)20(18,19)15-9-14(3,17)10-16(4)5/h6-8,15,17H,9-10H2,1-5H3. The largest absolute Gasteiger partial charge is 0.387 e. The molecule has 0 aliphatic carbocycles. The third-order valence-electron chi connectivity index (χ3n) is 3.09. The van der Waals surface area contributed by atoms with Gasteiger partial charge in [0.25, 0.3) is 0 Å². The number of sulfonamides is 1. The van der Waals surface area contributed by atoms with Crippen molar-refractivity contribution in [2.24, 2.45) is 0 Å². The van der Waals surface area contributed by atoms with Crippen LogP contribution in [0.4, 0.5) is 0 Å². The van der Waals surface area contributed by atoms with Gasteiger partial charge in [-0.1, -0.05) is 6.07 Å². The molecule has 0 bridgehead atoms. The number of aryl methyl sites for hydroxylation is 2. The predicted octanol–water partition coefficient (Wildman–Crippen LogP) is 0.894. The molecule has 1 aromatic rings. The molecule has 6 heteroatoms. The average molecular weight is 300 g/mol. The highest BCUT2D eigenvalue weighted by Crippen LogP contribution is 2.15. The molecular formula is C14H24N2O3S. The summed E-state index contributed by atoms with van der Waals surface area (Å²) in [5, 5.41) is 10.1. The number of rotatable bonds is 6. The Labute approximate surface area is 121 Å². The second-order valence-electron chi connectivity index (χ2n) is 5.81. The van der Waals surface area contributed by atoms with Crippen LogP contribution in [0, 0.1) is 13.8 Å². The Hall–Kier alpha value is -0.950. The van der Waals surface area contributed by atoms with Crippen molar-refractivity contribution >= 4 is 10.0 Å². The maximum absolute atomic E-state index is 12.2. The van der Waals surface area contributed by atoms with Gasteiger partial charge in [-0.3, -0.25) is 0 Å². The Morgan fingerprint density at radius 1 is 1.25 bits per heavy atom. The number of aliphatic hydroxyl groups is 1. The lowest BCUT2D eigenvalue weighted by atomic mass is 10.1. The molecule has 0 aliphatic rings. The van der Waals surface area contributed by atoms with Gasteiger partial charge in [0.15, 0.2) is 0 Å². The quantitative estimate of drug-likeness (QED) is 0.819. The third-order valence-corrected chi connectivity index (χ3v) is 4.49. The topological polar surface area (TPSA) is 69.6 Å². The molecule has 0 radical (unpaired) electrons. The van der Waals surface area contributed by atoms with Gasteiger partial charge in [0.2, 0.25) is 10.0 Å². The smallest absolute Gasteiger partial charge is 0.240 e. The Kier molecular flexibility index (Phi) is 5.32. The van der Waals surface area contributed by atoms with Crippen LogP contribution in [0.1, 0.15) is 18.1 Å². The van der Waals surface area contributed by atoms with Crippen LogP contribution in [0.2, 0.25) is 0 Å². The minimum Gasteiger partial charge on any atom is -0.387 e. The van der Waals surface area contributed by atoms with Gasteiger partial charge < -0.3 is 10.0 Å². The maximum Gasteiger partial charge on any atom is 0.240 e. The number of nitrogens with one attached hydrogen (secondary N) is 1. The lowest BCUT2D eigenvalue weighted by Crippen LogP contribution is -2.47. The molecule has 0 aromatic heterocycles. The highest BCUT2D eigenvalue weighted by molar-refractivity contribution is 7.89. The van der Waals surface area contributed by atoms with E-state index >= 15 is 0 Å². The first-order valence-electron chi connectivity index (χ1n) is 6.47. The number of benzene rings is 1. The second kappa shape index (κ2) is 6.22. The van der Waals surface area contributed by atoms with Crippen LogP contribution in [-0.2, 0) is 10.0 Å². The first-order chi connectivity index (χ1) is 9.03. The zero-order valence-electron chi connectivity index (χ0n) is 12.8. The van der Waals surface area contributed by atoms with Gasteiger partial charge in [-0.2, -0.15) is 0 Å². The molecule has 114 valence electrons. The van der Waals surface area contributed by atoms with Crippen molar-refractivity contribution in [1.82, 2.24) is 9.62 Å². The van der Waals surface area contributed by atoms with E-state index in [-0.39, 0.29) is 11.4 Å². The molecule has 1 rings (SSSR count). The Balaban J connectivity index is 2.82. The average Bonchev–Trinajstić information content (AvgIpc) is 2.29. The van der Waals surface area contributed by atoms with E-state index < -0.39 is 15.6 Å². The molecule has 5 nitrogen and oxygen atoms in total. The summed E-state index contributed by atoms with van der Waals surface area (Å²) in [5.74, 6) is 0. The van der Waals surface area contributed by atoms with Crippen LogP contribution in [0.5, 0.6) is 0 Å². The number of hydrogen-bond acceptors (Lipinski definition) is 4. The van der Waals surface area contributed by atoms with Crippen molar-refractivity contribution in [2.75, 3.05) is 27.2 Å². The van der Waals surface area contributed by atoms with Gasteiger partial charge >= 0.3 is 0 Å². The van der Waals surface area contributed by atoms with Gasteiger partial charge in [-0.25, -0.2) is 13.1 Å². The van der Waals surface area contributed by atoms with E-state index in [4.69, 9.17) is 0 Å². The summed E-state index contributed by atoms with van der Waals surface area (Å²) in [7, 11) is 0.0544. The Bertz CT molecular complexity index is 566. The van der Waals surface area contributed by atoms with Crippen molar-refractivity contribution in [3.05, 3.63) is 29.3 Å². The van der Waals surface area contributed by atoms with Crippen molar-refractivity contribution in [1.29, 1.82) is 0 Å². The summed E-state index contributed by atoms with van der Waals surface area (Å²) in [6.45, 7) is 5.76. The van der Waals surface area contributed by atoms with E-state index in [2.05, 4.69) is 4.72 Å². The minimum absolute atomic E-state index is 0.0273. The molecule has 1 unspecified atom stereocenters. The molecule has 1 atom stereocenters. The van der Waals surface area contributed by atoms with E-state index in [0.717, 1.165) is 11.1 Å². The lowest BCUT2D eigenvalue weighted by Gasteiger charge is -2.27. The fraction of sp³-hybridized carbons (Fsp3) is 0.571. The number of hydrogen-bond donors (Lipinski definition) is 2. The van der Waals surface area contributed by atoms with Gasteiger partial charge in [-0.15, -0.1) is 0 Å². The van der Waals surface area contributed by atoms with E-state index in [1.807, 2.05) is 32.8 Å². The van der Waals surface area contributed by atoms with Crippen LogP contribution < -0.4 is 4.72 Å². The van der Waals surface area contributed by atoms with Crippen molar-refractivity contribution < 1.29 is 13.5 Å². The summed E-state index contributed by atoms with van der Waals surface area (Å²) < 4.78 is 26.8. The first kappa shape index (κ1) is 17.1. The molecule has 2 N–H and O–H groups in total. The van der Waals surface area contributed by atoms with Crippen LogP contribution >= 0.6 is 0 Å². The minimum atomic E-state index is -3.60. The number of likely N-dealkylation sites (N-methyl/N-ethyl adjacent to an activating group) is 1. The van der Waals surface area contributed by atoms with E-state index in [9.17, 15) is 13.5 Å². The highest BCUT2D eigenvalue weighted by Gasteiger charge is 2.25. The Morgan fingerprint density at radius 3 is 2.35 bits per heavy atom. The molecule has 0 spiro atoms. The summed E-state index contributed by atoms with van der Waals surface area (Å²) >= 11 is 0. The number of nitrogens with zero attached hydrogens (tertiary/aromatic N) is 1. The van der Waals surface area contributed by atoms with Gasteiger partial charge in [0.1, 0.15) is 0 Å². The highest BCUT2D eigenvalue weighted by atomic mass is 32.2. The Morgan fingerprint density at radius 2 is 1.85 bits per heavy atom. The van der Waals surface area contributed by atoms with Crippen molar-refractivity contribution in [2.45, 2.75) is 31.3 Å². The molecule has 1 aromatic carbocycles. The second-order valence-corrected chi connectivity index (χ2v) is 7.57. The summed E-state index contributed by atoms with van der Waals surface area (Å²) in [6.07, 6.45) is 0. The van der Waals surface area contributed by atoms with Crippen molar-refractivity contribution in [3.8, 4) is 0 Å². The summed E-state index contributed by atoms with van der Waals surface area (Å²) in [4.78, 5) is 2.03. The third kappa shape index (κ3) is 4.86. The fourth-order valence-corrected chi connectivity index (χ4v) is 3.20. The van der Waals surface area contributed by atoms with Crippen LogP contribution in [0.15, 0.2) is 23.1 Å². The zero-order valence-corrected chi connectivity index (χ0v) is 13.6. The summed E-state index contributed by atoms with van der Waals surface area (Å²) in [6, 6.07) is 4.99. The predicted molar refractivity (Wildman–Crippen MR) is 80.3 cm³/mol. The van der Waals surface area contributed by atoms with Gasteiger partial charge in [-0.05, 0) is 58.1 Å². The maximum atomic E-state index is 12.2. The SMILES string of the molecule is Cc1ccc(S(=O)(=O)NCC(C)(O)CN(C)C)cc1C. The molecular weight excluding hydrogens is 276 g/mol. The monoisotopic (exact) mass is 300 g/mol. The normalized spacial score (nSPS) is 15.3. The fourth-order valence-electron chi connectivity index (χ4n) is 1.95. The molecule has 0 saturated carbocycles. The molecule has 0 aliphatic heterocycles. The van der Waals surface area contributed by atoms with E-state index in [1.54, 1.807) is 25.1 Å².